The van der Waals surface area contributed by atoms with E-state index in [1.54, 1.807) is 37.3 Å². The molecule has 0 aromatic heterocycles. The smallest absolute Gasteiger partial charge is 0.255 e. The first kappa shape index (κ1) is 19.0. The van der Waals surface area contributed by atoms with Crippen molar-refractivity contribution < 1.29 is 17.9 Å². The van der Waals surface area contributed by atoms with Gasteiger partial charge in [0.05, 0.1) is 18.1 Å². The van der Waals surface area contributed by atoms with Gasteiger partial charge in [-0.2, -0.15) is 4.31 Å². The number of halogens is 1. The molecule has 0 spiro atoms. The SMILES string of the molecule is Cc1ccc(NC(=O)c2cccc(Br)c2)cc1S(=O)(=O)N1CCOCC1. The van der Waals surface area contributed by atoms with Gasteiger partial charge in [-0.15, -0.1) is 0 Å². The lowest BCUT2D eigenvalue weighted by Crippen LogP contribution is -2.40. The third kappa shape index (κ3) is 4.15. The number of ether oxygens (including phenoxy) is 1. The molecule has 2 aromatic carbocycles. The summed E-state index contributed by atoms with van der Waals surface area (Å²) in [7, 11) is -3.63. The Hall–Kier alpha value is -1.74. The van der Waals surface area contributed by atoms with Gasteiger partial charge < -0.3 is 10.1 Å². The highest BCUT2D eigenvalue weighted by Gasteiger charge is 2.28. The van der Waals surface area contributed by atoms with E-state index in [0.29, 0.717) is 43.1 Å². The summed E-state index contributed by atoms with van der Waals surface area (Å²) in [6.07, 6.45) is 0. The molecule has 1 amide bonds. The summed E-state index contributed by atoms with van der Waals surface area (Å²) in [5.41, 5.74) is 1.56. The predicted molar refractivity (Wildman–Crippen MR) is 103 cm³/mol. The third-order valence-electron chi connectivity index (χ3n) is 4.12. The topological polar surface area (TPSA) is 75.7 Å². The summed E-state index contributed by atoms with van der Waals surface area (Å²) >= 11 is 3.33. The molecule has 0 radical (unpaired) electrons. The minimum Gasteiger partial charge on any atom is -0.379 e. The molecule has 0 bridgehead atoms. The number of anilines is 1. The first-order chi connectivity index (χ1) is 12.4. The van der Waals surface area contributed by atoms with E-state index in [0.717, 1.165) is 4.47 Å². The molecular weight excluding hydrogens is 420 g/mol. The van der Waals surface area contributed by atoms with Crippen molar-refractivity contribution in [1.82, 2.24) is 4.31 Å². The van der Waals surface area contributed by atoms with Crippen molar-refractivity contribution in [1.29, 1.82) is 0 Å². The van der Waals surface area contributed by atoms with E-state index in [1.807, 2.05) is 6.07 Å². The second-order valence-electron chi connectivity index (χ2n) is 5.96. The van der Waals surface area contributed by atoms with Crippen LogP contribution in [0.3, 0.4) is 0 Å². The maximum atomic E-state index is 12.9. The molecule has 138 valence electrons. The molecule has 1 aliphatic rings. The zero-order valence-electron chi connectivity index (χ0n) is 14.2. The molecule has 2 aromatic rings. The molecule has 1 aliphatic heterocycles. The lowest BCUT2D eigenvalue weighted by atomic mass is 10.2. The molecule has 26 heavy (non-hydrogen) atoms. The normalized spacial score (nSPS) is 15.6. The second kappa shape index (κ2) is 7.87. The van der Waals surface area contributed by atoms with Gasteiger partial charge in [0.1, 0.15) is 0 Å². The van der Waals surface area contributed by atoms with Gasteiger partial charge in [-0.3, -0.25) is 4.79 Å². The van der Waals surface area contributed by atoms with Gasteiger partial charge in [-0.05, 0) is 42.8 Å². The number of rotatable bonds is 4. The van der Waals surface area contributed by atoms with Crippen LogP contribution in [0.5, 0.6) is 0 Å². The minimum atomic E-state index is -3.63. The number of carbonyl (C=O) groups is 1. The highest BCUT2D eigenvalue weighted by molar-refractivity contribution is 9.10. The fraction of sp³-hybridized carbons (Fsp3) is 0.278. The first-order valence-electron chi connectivity index (χ1n) is 8.13. The molecule has 0 unspecified atom stereocenters. The molecule has 6 nitrogen and oxygen atoms in total. The fourth-order valence-corrected chi connectivity index (χ4v) is 4.77. The maximum Gasteiger partial charge on any atom is 0.255 e. The van der Waals surface area contributed by atoms with Gasteiger partial charge in [-0.1, -0.05) is 28.1 Å². The summed E-state index contributed by atoms with van der Waals surface area (Å²) in [6, 6.07) is 11.9. The largest absolute Gasteiger partial charge is 0.379 e. The molecule has 8 heteroatoms. The number of amides is 1. The molecule has 0 aliphatic carbocycles. The van der Waals surface area contributed by atoms with Crippen molar-refractivity contribution in [2.45, 2.75) is 11.8 Å². The van der Waals surface area contributed by atoms with Crippen LogP contribution in [0.2, 0.25) is 0 Å². The number of sulfonamides is 1. The molecule has 0 saturated carbocycles. The van der Waals surface area contributed by atoms with Crippen LogP contribution in [0.25, 0.3) is 0 Å². The second-order valence-corrected chi connectivity index (χ2v) is 8.78. The standard InChI is InChI=1S/C18H19BrN2O4S/c1-13-5-6-16(20-18(22)14-3-2-4-15(19)11-14)12-17(13)26(23,24)21-7-9-25-10-8-21/h2-6,11-12H,7-10H2,1H3,(H,20,22). The fourth-order valence-electron chi connectivity index (χ4n) is 2.71. The number of benzene rings is 2. The van der Waals surface area contributed by atoms with Crippen molar-refractivity contribution in [3.63, 3.8) is 0 Å². The van der Waals surface area contributed by atoms with Crippen LogP contribution in [-0.4, -0.2) is 44.9 Å². The van der Waals surface area contributed by atoms with Crippen molar-refractivity contribution in [2.75, 3.05) is 31.6 Å². The number of carbonyl (C=O) groups excluding carboxylic acids is 1. The lowest BCUT2D eigenvalue weighted by molar-refractivity contribution is 0.0730. The van der Waals surface area contributed by atoms with Gasteiger partial charge in [-0.25, -0.2) is 8.42 Å². The Labute approximate surface area is 161 Å². The molecular formula is C18H19BrN2O4S. The number of aryl methyl sites for hydroxylation is 1. The van der Waals surface area contributed by atoms with Crippen LogP contribution in [0, 0.1) is 6.92 Å². The first-order valence-corrected chi connectivity index (χ1v) is 10.4. The van der Waals surface area contributed by atoms with Crippen LogP contribution >= 0.6 is 15.9 Å². The Morgan fingerprint density at radius 2 is 1.88 bits per heavy atom. The number of nitrogens with one attached hydrogen (secondary N) is 1. The molecule has 1 saturated heterocycles. The van der Waals surface area contributed by atoms with Crippen LogP contribution in [0.1, 0.15) is 15.9 Å². The Morgan fingerprint density at radius 3 is 2.58 bits per heavy atom. The Balaban J connectivity index is 1.86. The van der Waals surface area contributed by atoms with E-state index in [9.17, 15) is 13.2 Å². The highest BCUT2D eigenvalue weighted by atomic mass is 79.9. The number of morpholine rings is 1. The summed E-state index contributed by atoms with van der Waals surface area (Å²) in [5, 5.41) is 2.76. The zero-order valence-corrected chi connectivity index (χ0v) is 16.6. The van der Waals surface area contributed by atoms with Gasteiger partial charge in [0.15, 0.2) is 0 Å². The maximum absolute atomic E-state index is 12.9. The summed E-state index contributed by atoms with van der Waals surface area (Å²) in [5.74, 6) is -0.301. The zero-order chi connectivity index (χ0) is 18.7. The van der Waals surface area contributed by atoms with Gasteiger partial charge in [0, 0.05) is 28.8 Å². The van der Waals surface area contributed by atoms with Crippen molar-refractivity contribution in [3.05, 3.63) is 58.1 Å². The number of nitrogens with zero attached hydrogens (tertiary/aromatic N) is 1. The Kier molecular flexibility index (Phi) is 5.76. The van der Waals surface area contributed by atoms with Gasteiger partial charge in [0.2, 0.25) is 10.0 Å². The van der Waals surface area contributed by atoms with Crippen LogP contribution in [0.4, 0.5) is 5.69 Å². The van der Waals surface area contributed by atoms with Crippen LogP contribution in [-0.2, 0) is 14.8 Å². The number of hydrogen-bond acceptors (Lipinski definition) is 4. The van der Waals surface area contributed by atoms with E-state index in [4.69, 9.17) is 4.74 Å². The quantitative estimate of drug-likeness (QED) is 0.795. The van der Waals surface area contributed by atoms with Crippen molar-refractivity contribution >= 4 is 37.5 Å². The summed E-state index contributed by atoms with van der Waals surface area (Å²) in [6.45, 7) is 3.18. The molecule has 1 heterocycles. The molecule has 1 fully saturated rings. The summed E-state index contributed by atoms with van der Waals surface area (Å²) in [4.78, 5) is 12.6. The lowest BCUT2D eigenvalue weighted by Gasteiger charge is -2.26. The minimum absolute atomic E-state index is 0.200. The van der Waals surface area contributed by atoms with E-state index in [2.05, 4.69) is 21.2 Å². The molecule has 1 N–H and O–H groups in total. The highest BCUT2D eigenvalue weighted by Crippen LogP contribution is 2.25. The average Bonchev–Trinajstić information content (AvgIpc) is 2.64. The van der Waals surface area contributed by atoms with Crippen LogP contribution in [0.15, 0.2) is 51.8 Å². The Bertz CT molecular complexity index is 925. The third-order valence-corrected chi connectivity index (χ3v) is 6.65. The van der Waals surface area contributed by atoms with E-state index in [-0.39, 0.29) is 10.8 Å². The molecule has 0 atom stereocenters. The van der Waals surface area contributed by atoms with E-state index >= 15 is 0 Å². The number of hydrogen-bond donors (Lipinski definition) is 1. The summed E-state index contributed by atoms with van der Waals surface area (Å²) < 4.78 is 33.3. The average molecular weight is 439 g/mol. The Morgan fingerprint density at radius 1 is 1.15 bits per heavy atom. The van der Waals surface area contributed by atoms with E-state index in [1.165, 1.54) is 10.4 Å². The van der Waals surface area contributed by atoms with Crippen molar-refractivity contribution in [3.8, 4) is 0 Å². The predicted octanol–water partition coefficient (Wildman–Crippen LogP) is 3.03. The van der Waals surface area contributed by atoms with Crippen LogP contribution < -0.4 is 5.32 Å². The molecule has 3 rings (SSSR count). The van der Waals surface area contributed by atoms with Gasteiger partial charge >= 0.3 is 0 Å². The van der Waals surface area contributed by atoms with Crippen molar-refractivity contribution in [2.24, 2.45) is 0 Å². The monoisotopic (exact) mass is 438 g/mol. The van der Waals surface area contributed by atoms with E-state index < -0.39 is 10.0 Å². The van der Waals surface area contributed by atoms with Gasteiger partial charge in [0.25, 0.3) is 5.91 Å².